The van der Waals surface area contributed by atoms with Crippen LogP contribution in [0.5, 0.6) is 5.75 Å². The van der Waals surface area contributed by atoms with Crippen molar-refractivity contribution < 1.29 is 18.5 Å². The molecule has 1 aliphatic carbocycles. The fraction of sp³-hybridized carbons (Fsp3) is 0.304. The Labute approximate surface area is 199 Å². The number of rotatable bonds is 8. The van der Waals surface area contributed by atoms with E-state index in [0.717, 1.165) is 11.3 Å². The molecule has 1 amide bonds. The van der Waals surface area contributed by atoms with Crippen molar-refractivity contribution in [3.63, 3.8) is 0 Å². The van der Waals surface area contributed by atoms with Gasteiger partial charge in [0.05, 0.1) is 31.5 Å². The molecule has 0 bridgehead atoms. The highest BCUT2D eigenvalue weighted by molar-refractivity contribution is 7.90. The van der Waals surface area contributed by atoms with Gasteiger partial charge in [0, 0.05) is 18.6 Å². The number of hydrogen-bond donors (Lipinski definition) is 3. The topological polar surface area (TPSA) is 106 Å². The van der Waals surface area contributed by atoms with Crippen molar-refractivity contribution in [2.24, 2.45) is 0 Å². The molecule has 1 atom stereocenters. The lowest BCUT2D eigenvalue weighted by atomic mass is 10.2. The number of nitrogens with zero attached hydrogens (tertiary/aromatic N) is 3. The quantitative estimate of drug-likeness (QED) is 0.421. The number of carbonyl (C=O) groups excluding carboxylic acids is 1. The Bertz CT molecular complexity index is 1270. The number of benzene rings is 1. The molecule has 3 heterocycles. The Morgan fingerprint density at radius 1 is 1.32 bits per heavy atom. The van der Waals surface area contributed by atoms with E-state index in [-0.39, 0.29) is 23.6 Å². The molecule has 1 fully saturated rings. The number of aromatic nitrogens is 2. The molecule has 9 nitrogen and oxygen atoms in total. The first-order valence-electron chi connectivity index (χ1n) is 10.9. The van der Waals surface area contributed by atoms with Crippen LogP contribution in [0.2, 0.25) is 0 Å². The van der Waals surface area contributed by atoms with Crippen LogP contribution in [0.15, 0.2) is 53.5 Å². The first-order valence-corrected chi connectivity index (χ1v) is 12.4. The zero-order valence-corrected chi connectivity index (χ0v) is 19.6. The molecule has 1 aromatic carbocycles. The number of ether oxygens (including phenoxy) is 1. The van der Waals surface area contributed by atoms with Gasteiger partial charge in [0.1, 0.15) is 17.6 Å². The predicted molar refractivity (Wildman–Crippen MR) is 124 cm³/mol. The Balaban J connectivity index is 1.24. The highest BCUT2D eigenvalue weighted by Crippen LogP contribution is 2.39. The number of fused-ring (bicyclic) bond motifs is 1. The van der Waals surface area contributed by atoms with E-state index in [1.807, 2.05) is 16.7 Å². The number of hydrazine groups is 2. The number of methoxy groups -OCH3 is 1. The summed E-state index contributed by atoms with van der Waals surface area (Å²) in [7, 11) is 1.35. The number of imidazole rings is 1. The van der Waals surface area contributed by atoms with Gasteiger partial charge in [-0.15, -0.1) is 5.53 Å². The third-order valence-corrected chi connectivity index (χ3v) is 6.89. The number of amides is 1. The van der Waals surface area contributed by atoms with Gasteiger partial charge in [-0.05, 0) is 53.7 Å². The van der Waals surface area contributed by atoms with Gasteiger partial charge in [-0.2, -0.15) is 0 Å². The average molecular weight is 485 g/mol. The minimum absolute atomic E-state index is 0.0289. The average Bonchev–Trinajstić information content (AvgIpc) is 3.44. The monoisotopic (exact) mass is 484 g/mol. The second-order valence-corrected chi connectivity index (χ2v) is 9.69. The van der Waals surface area contributed by atoms with Gasteiger partial charge < -0.3 is 19.0 Å². The third kappa shape index (κ3) is 4.54. The van der Waals surface area contributed by atoms with Gasteiger partial charge in [0.15, 0.2) is 16.5 Å². The SMILES string of the molecule is COc1ccc([S+](C)[O-])c(CNC(=O)C2=CN(Cc3cn4cc(C5CC5)ccc4n3)NN2)c1F. The van der Waals surface area contributed by atoms with E-state index in [1.165, 1.54) is 37.8 Å². The van der Waals surface area contributed by atoms with E-state index in [4.69, 9.17) is 4.74 Å². The molecule has 1 unspecified atom stereocenters. The number of hydrogen-bond acceptors (Lipinski definition) is 7. The van der Waals surface area contributed by atoms with Crippen LogP contribution >= 0.6 is 0 Å². The standard InChI is InChI=1S/C23H25FN6O3S/c1-33-19-6-7-20(34(2)32)17(22(19)24)9-25-23(31)18-13-30(28-27-18)12-16-11-29-10-15(14-3-4-14)5-8-21(29)26-16/h5-8,10-11,13-14,27-28H,3-4,9,12H2,1-2H3,(H,25,31). The highest BCUT2D eigenvalue weighted by Gasteiger charge is 2.25. The fourth-order valence-electron chi connectivity index (χ4n) is 3.96. The lowest BCUT2D eigenvalue weighted by Crippen LogP contribution is -2.38. The summed E-state index contributed by atoms with van der Waals surface area (Å²) in [6, 6.07) is 7.12. The van der Waals surface area contributed by atoms with Gasteiger partial charge >= 0.3 is 0 Å². The molecule has 3 N–H and O–H groups in total. The van der Waals surface area contributed by atoms with E-state index in [2.05, 4.69) is 33.5 Å². The van der Waals surface area contributed by atoms with Crippen molar-refractivity contribution in [1.82, 2.24) is 30.7 Å². The van der Waals surface area contributed by atoms with E-state index in [0.29, 0.717) is 17.4 Å². The third-order valence-electron chi connectivity index (χ3n) is 5.89. The van der Waals surface area contributed by atoms with Crippen molar-refractivity contribution in [3.05, 3.63) is 71.2 Å². The summed E-state index contributed by atoms with van der Waals surface area (Å²) in [5, 5.41) is 4.38. The fourth-order valence-corrected chi connectivity index (χ4v) is 4.73. The first kappa shape index (κ1) is 22.5. The van der Waals surface area contributed by atoms with Crippen LogP contribution in [0.4, 0.5) is 4.39 Å². The predicted octanol–water partition coefficient (Wildman–Crippen LogP) is 2.08. The van der Waals surface area contributed by atoms with Gasteiger partial charge in [-0.3, -0.25) is 15.2 Å². The van der Waals surface area contributed by atoms with Gasteiger partial charge in [0.25, 0.3) is 5.91 Å². The van der Waals surface area contributed by atoms with Crippen molar-refractivity contribution in [2.45, 2.75) is 36.7 Å². The van der Waals surface area contributed by atoms with Crippen LogP contribution in [-0.2, 0) is 29.1 Å². The van der Waals surface area contributed by atoms with Crippen molar-refractivity contribution in [2.75, 3.05) is 13.4 Å². The largest absolute Gasteiger partial charge is 0.612 e. The summed E-state index contributed by atoms with van der Waals surface area (Å²) in [5.41, 5.74) is 9.18. The maximum absolute atomic E-state index is 14.7. The second kappa shape index (κ2) is 9.16. The maximum Gasteiger partial charge on any atom is 0.270 e. The number of halogens is 1. The molecule has 5 rings (SSSR count). The molecule has 0 radical (unpaired) electrons. The van der Waals surface area contributed by atoms with Crippen LogP contribution in [0.1, 0.15) is 35.6 Å². The molecule has 34 heavy (non-hydrogen) atoms. The number of nitrogens with one attached hydrogen (secondary N) is 3. The molecule has 2 aliphatic rings. The lowest BCUT2D eigenvalue weighted by molar-refractivity contribution is -0.118. The molecular formula is C23H25FN6O3S. The Morgan fingerprint density at radius 3 is 2.88 bits per heavy atom. The Morgan fingerprint density at radius 2 is 2.15 bits per heavy atom. The van der Waals surface area contributed by atoms with Crippen molar-refractivity contribution >= 4 is 22.7 Å². The normalized spacial score (nSPS) is 16.4. The molecule has 1 saturated carbocycles. The van der Waals surface area contributed by atoms with Crippen molar-refractivity contribution in [1.29, 1.82) is 0 Å². The summed E-state index contributed by atoms with van der Waals surface area (Å²) in [4.78, 5) is 17.6. The van der Waals surface area contributed by atoms with Gasteiger partial charge in [-0.25, -0.2) is 9.37 Å². The molecule has 0 spiro atoms. The highest BCUT2D eigenvalue weighted by atomic mass is 32.2. The summed E-state index contributed by atoms with van der Waals surface area (Å²) >= 11 is -1.42. The molecule has 11 heteroatoms. The number of pyridine rings is 1. The summed E-state index contributed by atoms with van der Waals surface area (Å²) < 4.78 is 33.7. The molecule has 0 saturated heterocycles. The zero-order chi connectivity index (χ0) is 23.8. The molecule has 3 aromatic rings. The first-order chi connectivity index (χ1) is 16.4. The van der Waals surface area contributed by atoms with E-state index in [1.54, 1.807) is 17.3 Å². The smallest absolute Gasteiger partial charge is 0.270 e. The van der Waals surface area contributed by atoms with Crippen LogP contribution < -0.4 is 21.0 Å². The maximum atomic E-state index is 14.7. The minimum atomic E-state index is -1.42. The summed E-state index contributed by atoms with van der Waals surface area (Å²) in [6.45, 7) is 0.305. The van der Waals surface area contributed by atoms with Crippen LogP contribution in [0.25, 0.3) is 5.65 Å². The van der Waals surface area contributed by atoms with Gasteiger partial charge in [-0.1, -0.05) is 6.07 Å². The molecular weight excluding hydrogens is 459 g/mol. The van der Waals surface area contributed by atoms with Crippen LogP contribution in [-0.4, -0.2) is 38.2 Å². The molecule has 178 valence electrons. The van der Waals surface area contributed by atoms with E-state index < -0.39 is 22.9 Å². The molecule has 1 aliphatic heterocycles. The second-order valence-electron chi connectivity index (χ2n) is 8.34. The van der Waals surface area contributed by atoms with E-state index >= 15 is 0 Å². The summed E-state index contributed by atoms with van der Waals surface area (Å²) in [6.07, 6.45) is 9.68. The molecule has 2 aromatic heterocycles. The lowest BCUT2D eigenvalue weighted by Gasteiger charge is -2.14. The van der Waals surface area contributed by atoms with Crippen molar-refractivity contribution in [3.8, 4) is 5.75 Å². The minimum Gasteiger partial charge on any atom is -0.612 e. The zero-order valence-electron chi connectivity index (χ0n) is 18.8. The number of carbonyl (C=O) groups is 1. The van der Waals surface area contributed by atoms with Gasteiger partial charge in [0.2, 0.25) is 0 Å². The van der Waals surface area contributed by atoms with Crippen LogP contribution in [0.3, 0.4) is 0 Å². The van der Waals surface area contributed by atoms with Crippen LogP contribution in [0, 0.1) is 5.82 Å². The Hall–Kier alpha value is -3.28. The summed E-state index contributed by atoms with van der Waals surface area (Å²) in [5.74, 6) is -0.377. The van der Waals surface area contributed by atoms with E-state index in [9.17, 15) is 13.7 Å². The Kier molecular flexibility index (Phi) is 6.07.